The lowest BCUT2D eigenvalue weighted by atomic mass is 9.99. The van der Waals surface area contributed by atoms with Crippen molar-refractivity contribution in [2.24, 2.45) is 5.92 Å². The maximum atomic E-state index is 10.8. The fraction of sp³-hybridized carbons (Fsp3) is 0.733. The van der Waals surface area contributed by atoms with Crippen LogP contribution in [0, 0.1) is 5.92 Å². The van der Waals surface area contributed by atoms with Gasteiger partial charge in [-0.1, -0.05) is 13.5 Å². The molecule has 0 aromatic rings. The summed E-state index contributed by atoms with van der Waals surface area (Å²) in [6.45, 7) is 12.5. The molecule has 6 heteroatoms. The summed E-state index contributed by atoms with van der Waals surface area (Å²) in [4.78, 5) is 30.4. The smallest absolute Gasteiger partial charge is 0.327 e. The molecular formula is C15H28O6. The van der Waals surface area contributed by atoms with Crippen molar-refractivity contribution in [2.45, 2.75) is 65.6 Å². The molecular weight excluding hydrogens is 276 g/mol. The summed E-state index contributed by atoms with van der Waals surface area (Å²) >= 11 is 0. The van der Waals surface area contributed by atoms with E-state index in [9.17, 15) is 9.59 Å². The summed E-state index contributed by atoms with van der Waals surface area (Å²) in [5.41, 5.74) is -0.328. The topological polar surface area (TPSA) is 93.1 Å². The van der Waals surface area contributed by atoms with Gasteiger partial charge >= 0.3 is 11.9 Å². The minimum Gasteiger partial charge on any atom is -0.481 e. The standard InChI is InChI=1S/C12H24O4.C3H4O2/c1-6-10(11(13)14)8-7-9(2)15-16-12(3,4)5;1-2-3(4)5/h9-10H,6-8H2,1-5H3,(H,13,14);2H,1H2,(H,4,5). The van der Waals surface area contributed by atoms with Crippen LogP contribution in [0.1, 0.15) is 53.9 Å². The van der Waals surface area contributed by atoms with E-state index in [0.29, 0.717) is 19.3 Å². The van der Waals surface area contributed by atoms with E-state index in [-0.39, 0.29) is 17.6 Å². The maximum absolute atomic E-state index is 10.8. The average molecular weight is 304 g/mol. The molecule has 0 fully saturated rings. The summed E-state index contributed by atoms with van der Waals surface area (Å²) in [7, 11) is 0. The Bertz CT molecular complexity index is 319. The van der Waals surface area contributed by atoms with Gasteiger partial charge in [0.2, 0.25) is 0 Å². The Labute approximate surface area is 126 Å². The van der Waals surface area contributed by atoms with Crippen LogP contribution in [0.15, 0.2) is 12.7 Å². The first-order valence-corrected chi connectivity index (χ1v) is 6.96. The third kappa shape index (κ3) is 16.5. The Balaban J connectivity index is 0. The minimum atomic E-state index is -0.981. The number of carbonyl (C=O) groups is 2. The molecule has 2 N–H and O–H groups in total. The second-order valence-corrected chi connectivity index (χ2v) is 5.67. The second kappa shape index (κ2) is 11.3. The molecule has 6 nitrogen and oxygen atoms in total. The van der Waals surface area contributed by atoms with Gasteiger partial charge in [0, 0.05) is 6.08 Å². The molecule has 2 atom stereocenters. The largest absolute Gasteiger partial charge is 0.481 e. The monoisotopic (exact) mass is 304 g/mol. The van der Waals surface area contributed by atoms with E-state index in [4.69, 9.17) is 20.0 Å². The van der Waals surface area contributed by atoms with Gasteiger partial charge in [-0.25, -0.2) is 14.6 Å². The van der Waals surface area contributed by atoms with Crippen LogP contribution >= 0.6 is 0 Å². The normalized spacial score (nSPS) is 13.6. The molecule has 0 heterocycles. The van der Waals surface area contributed by atoms with Crippen molar-refractivity contribution in [3.8, 4) is 0 Å². The molecule has 21 heavy (non-hydrogen) atoms. The highest BCUT2D eigenvalue weighted by Gasteiger charge is 2.18. The number of hydrogen-bond acceptors (Lipinski definition) is 4. The molecule has 0 radical (unpaired) electrons. The molecule has 2 unspecified atom stereocenters. The fourth-order valence-electron chi connectivity index (χ4n) is 1.21. The predicted molar refractivity (Wildman–Crippen MR) is 79.9 cm³/mol. The lowest BCUT2D eigenvalue weighted by Crippen LogP contribution is -2.23. The first-order valence-electron chi connectivity index (χ1n) is 6.96. The zero-order valence-electron chi connectivity index (χ0n) is 13.6. The van der Waals surface area contributed by atoms with Crippen LogP contribution in [0.3, 0.4) is 0 Å². The molecule has 0 aliphatic heterocycles. The van der Waals surface area contributed by atoms with Gasteiger partial charge in [0.15, 0.2) is 0 Å². The third-order valence-electron chi connectivity index (χ3n) is 2.40. The molecule has 0 bridgehead atoms. The summed E-state index contributed by atoms with van der Waals surface area (Å²) in [6, 6.07) is 0. The summed E-state index contributed by atoms with van der Waals surface area (Å²) in [5, 5.41) is 16.5. The molecule has 0 aliphatic carbocycles. The molecule has 0 aliphatic rings. The van der Waals surface area contributed by atoms with Crippen molar-refractivity contribution in [1.82, 2.24) is 0 Å². The highest BCUT2D eigenvalue weighted by Crippen LogP contribution is 2.16. The second-order valence-electron chi connectivity index (χ2n) is 5.67. The van der Waals surface area contributed by atoms with Gasteiger partial charge in [0.25, 0.3) is 0 Å². The first kappa shape index (κ1) is 21.9. The average Bonchev–Trinajstić information content (AvgIpc) is 2.36. The van der Waals surface area contributed by atoms with Crippen LogP contribution in [0.5, 0.6) is 0 Å². The number of carboxylic acids is 2. The van der Waals surface area contributed by atoms with E-state index in [1.807, 2.05) is 34.6 Å². The number of carboxylic acid groups (broad SMARTS) is 2. The van der Waals surface area contributed by atoms with Crippen LogP contribution in [0.4, 0.5) is 0 Å². The van der Waals surface area contributed by atoms with Crippen molar-refractivity contribution < 1.29 is 29.6 Å². The van der Waals surface area contributed by atoms with Crippen LogP contribution in [-0.2, 0) is 19.4 Å². The van der Waals surface area contributed by atoms with E-state index in [1.165, 1.54) is 0 Å². The summed E-state index contributed by atoms with van der Waals surface area (Å²) in [6.07, 6.45) is 2.73. The van der Waals surface area contributed by atoms with Gasteiger partial charge in [-0.15, -0.1) is 0 Å². The quantitative estimate of drug-likeness (QED) is 0.406. The molecule has 0 aromatic heterocycles. The SMILES string of the molecule is C=CC(=O)O.CCC(CCC(C)OOC(C)(C)C)C(=O)O. The number of hydrogen-bond donors (Lipinski definition) is 2. The lowest BCUT2D eigenvalue weighted by molar-refractivity contribution is -0.371. The molecule has 0 saturated heterocycles. The molecule has 124 valence electrons. The molecule has 0 spiro atoms. The van der Waals surface area contributed by atoms with Gasteiger partial charge in [0.1, 0.15) is 0 Å². The van der Waals surface area contributed by atoms with Crippen molar-refractivity contribution in [2.75, 3.05) is 0 Å². The Hall–Kier alpha value is -1.40. The van der Waals surface area contributed by atoms with E-state index in [1.54, 1.807) is 0 Å². The minimum absolute atomic E-state index is 0.0763. The van der Waals surface area contributed by atoms with Gasteiger partial charge < -0.3 is 10.2 Å². The molecule has 0 saturated carbocycles. The molecule has 0 aromatic carbocycles. The summed E-state index contributed by atoms with van der Waals surface area (Å²) < 4.78 is 0. The van der Waals surface area contributed by atoms with Crippen LogP contribution < -0.4 is 0 Å². The van der Waals surface area contributed by atoms with Crippen molar-refractivity contribution in [3.05, 3.63) is 12.7 Å². The Morgan fingerprint density at radius 2 is 1.71 bits per heavy atom. The first-order chi connectivity index (χ1) is 9.53. The van der Waals surface area contributed by atoms with Crippen LogP contribution in [-0.4, -0.2) is 33.9 Å². The Morgan fingerprint density at radius 3 is 2.00 bits per heavy atom. The highest BCUT2D eigenvalue weighted by molar-refractivity contribution is 5.78. The third-order valence-corrected chi connectivity index (χ3v) is 2.40. The van der Waals surface area contributed by atoms with Gasteiger partial charge in [-0.05, 0) is 47.0 Å². The van der Waals surface area contributed by atoms with Gasteiger partial charge in [-0.2, -0.15) is 0 Å². The van der Waals surface area contributed by atoms with Gasteiger partial charge in [0.05, 0.1) is 17.6 Å². The van der Waals surface area contributed by atoms with E-state index in [0.717, 1.165) is 6.08 Å². The van der Waals surface area contributed by atoms with Crippen molar-refractivity contribution >= 4 is 11.9 Å². The van der Waals surface area contributed by atoms with E-state index in [2.05, 4.69) is 6.58 Å². The number of aliphatic carboxylic acids is 2. The van der Waals surface area contributed by atoms with Crippen molar-refractivity contribution in [1.29, 1.82) is 0 Å². The van der Waals surface area contributed by atoms with Crippen molar-refractivity contribution in [3.63, 3.8) is 0 Å². The molecule has 0 rings (SSSR count). The van der Waals surface area contributed by atoms with Crippen LogP contribution in [0.25, 0.3) is 0 Å². The van der Waals surface area contributed by atoms with E-state index < -0.39 is 11.9 Å². The lowest BCUT2D eigenvalue weighted by Gasteiger charge is -2.21. The maximum Gasteiger partial charge on any atom is 0.327 e. The van der Waals surface area contributed by atoms with Gasteiger partial charge in [-0.3, -0.25) is 4.79 Å². The Kier molecular flexibility index (Phi) is 11.8. The molecule has 0 amide bonds. The zero-order chi connectivity index (χ0) is 17.1. The summed E-state index contributed by atoms with van der Waals surface area (Å²) in [5.74, 6) is -1.99. The Morgan fingerprint density at radius 1 is 1.24 bits per heavy atom. The van der Waals surface area contributed by atoms with E-state index >= 15 is 0 Å². The highest BCUT2D eigenvalue weighted by atomic mass is 17.2. The predicted octanol–water partition coefficient (Wildman–Crippen LogP) is 3.27. The van der Waals surface area contributed by atoms with Crippen LogP contribution in [0.2, 0.25) is 0 Å². The zero-order valence-corrected chi connectivity index (χ0v) is 13.6. The fourth-order valence-corrected chi connectivity index (χ4v) is 1.21. The number of rotatable bonds is 8.